The number of hydrogen-bond acceptors (Lipinski definition) is 4. The lowest BCUT2D eigenvalue weighted by molar-refractivity contribution is -0.122. The maximum absolute atomic E-state index is 11.9. The Morgan fingerprint density at radius 2 is 2.14 bits per heavy atom. The van der Waals surface area contributed by atoms with Crippen LogP contribution in [0.2, 0.25) is 0 Å². The minimum Gasteiger partial charge on any atom is -0.486 e. The second-order valence-electron chi connectivity index (χ2n) is 5.59. The maximum Gasteiger partial charge on any atom is 0.234 e. The van der Waals surface area contributed by atoms with Crippen LogP contribution in [0.5, 0.6) is 11.5 Å². The van der Waals surface area contributed by atoms with Crippen LogP contribution in [-0.2, 0) is 11.3 Å². The first-order valence-electron chi connectivity index (χ1n) is 7.65. The summed E-state index contributed by atoms with van der Waals surface area (Å²) in [5.41, 5.74) is 1.08. The van der Waals surface area contributed by atoms with Gasteiger partial charge in [0.15, 0.2) is 11.5 Å². The van der Waals surface area contributed by atoms with Gasteiger partial charge in [-0.25, -0.2) is 0 Å². The van der Waals surface area contributed by atoms with Crippen LogP contribution in [-0.4, -0.2) is 43.2 Å². The zero-order chi connectivity index (χ0) is 14.7. The number of hydrogen-bond donors (Lipinski definition) is 1. The average Bonchev–Trinajstić information content (AvgIpc) is 3.30. The van der Waals surface area contributed by atoms with Gasteiger partial charge in [0.1, 0.15) is 13.2 Å². The highest BCUT2D eigenvalue weighted by atomic mass is 16.6. The normalized spacial score (nSPS) is 16.9. The van der Waals surface area contributed by atoms with E-state index in [1.54, 1.807) is 0 Å². The quantitative estimate of drug-likeness (QED) is 0.864. The Balaban J connectivity index is 1.64. The maximum atomic E-state index is 11.9. The number of nitrogens with zero attached hydrogens (tertiary/aromatic N) is 1. The fourth-order valence-electron chi connectivity index (χ4n) is 2.48. The van der Waals surface area contributed by atoms with Crippen molar-refractivity contribution in [2.24, 2.45) is 0 Å². The van der Waals surface area contributed by atoms with Gasteiger partial charge in [0.05, 0.1) is 6.54 Å². The van der Waals surface area contributed by atoms with E-state index in [1.807, 2.05) is 18.2 Å². The zero-order valence-corrected chi connectivity index (χ0v) is 12.4. The minimum atomic E-state index is 0.112. The number of amides is 1. The van der Waals surface area contributed by atoms with Gasteiger partial charge in [0.25, 0.3) is 0 Å². The zero-order valence-electron chi connectivity index (χ0n) is 12.4. The third-order valence-electron chi connectivity index (χ3n) is 3.80. The summed E-state index contributed by atoms with van der Waals surface area (Å²) >= 11 is 0. The van der Waals surface area contributed by atoms with E-state index >= 15 is 0 Å². The molecule has 0 bridgehead atoms. The van der Waals surface area contributed by atoms with Crippen LogP contribution in [0.15, 0.2) is 18.2 Å². The molecule has 1 aromatic carbocycles. The molecule has 1 aliphatic heterocycles. The Kier molecular flexibility index (Phi) is 4.29. The lowest BCUT2D eigenvalue weighted by Gasteiger charge is -2.24. The van der Waals surface area contributed by atoms with E-state index in [9.17, 15) is 4.79 Å². The van der Waals surface area contributed by atoms with Gasteiger partial charge in [-0.05, 0) is 25.5 Å². The first-order chi connectivity index (χ1) is 10.3. The van der Waals surface area contributed by atoms with Crippen molar-refractivity contribution in [3.8, 4) is 11.5 Å². The Morgan fingerprint density at radius 3 is 2.90 bits per heavy atom. The van der Waals surface area contributed by atoms with E-state index in [0.717, 1.165) is 36.4 Å². The Bertz CT molecular complexity index is 514. The number of rotatable bonds is 6. The number of para-hydroxylation sites is 1. The fraction of sp³-hybridized carbons (Fsp3) is 0.562. The Labute approximate surface area is 125 Å². The molecule has 2 aliphatic rings. The molecule has 1 amide bonds. The van der Waals surface area contributed by atoms with Crippen molar-refractivity contribution in [1.82, 2.24) is 10.2 Å². The Hall–Kier alpha value is -1.75. The lowest BCUT2D eigenvalue weighted by atomic mass is 10.1. The van der Waals surface area contributed by atoms with Crippen molar-refractivity contribution < 1.29 is 14.3 Å². The molecule has 0 unspecified atom stereocenters. The monoisotopic (exact) mass is 290 g/mol. The molecule has 0 spiro atoms. The molecule has 114 valence electrons. The topological polar surface area (TPSA) is 50.8 Å². The van der Waals surface area contributed by atoms with Crippen LogP contribution in [0.1, 0.15) is 25.3 Å². The summed E-state index contributed by atoms with van der Waals surface area (Å²) in [4.78, 5) is 14.0. The van der Waals surface area contributed by atoms with E-state index in [0.29, 0.717) is 32.3 Å². The molecule has 1 saturated carbocycles. The van der Waals surface area contributed by atoms with Crippen molar-refractivity contribution in [2.75, 3.05) is 26.3 Å². The van der Waals surface area contributed by atoms with Crippen molar-refractivity contribution in [1.29, 1.82) is 0 Å². The van der Waals surface area contributed by atoms with E-state index in [4.69, 9.17) is 9.47 Å². The SMILES string of the molecule is CCN(CC(=O)NC1CC1)Cc1cccc2c1OCCO2. The molecule has 5 heteroatoms. The standard InChI is InChI=1S/C16H22N2O3/c1-2-18(11-15(19)17-13-6-7-13)10-12-4-3-5-14-16(12)21-9-8-20-14/h3-5,13H,2,6-11H2,1H3,(H,17,19). The molecule has 1 heterocycles. The van der Waals surface area contributed by atoms with Crippen molar-refractivity contribution >= 4 is 5.91 Å². The molecule has 1 fully saturated rings. The summed E-state index contributed by atoms with van der Waals surface area (Å²) in [5.74, 6) is 1.74. The first kappa shape index (κ1) is 14.2. The van der Waals surface area contributed by atoms with E-state index in [2.05, 4.69) is 17.1 Å². The fourth-order valence-corrected chi connectivity index (χ4v) is 2.48. The summed E-state index contributed by atoms with van der Waals surface area (Å²) in [7, 11) is 0. The van der Waals surface area contributed by atoms with Crippen molar-refractivity contribution in [3.05, 3.63) is 23.8 Å². The highest BCUT2D eigenvalue weighted by Crippen LogP contribution is 2.34. The van der Waals surface area contributed by atoms with Gasteiger partial charge < -0.3 is 14.8 Å². The van der Waals surface area contributed by atoms with E-state index in [-0.39, 0.29) is 5.91 Å². The van der Waals surface area contributed by atoms with Crippen LogP contribution in [0.4, 0.5) is 0 Å². The highest BCUT2D eigenvalue weighted by molar-refractivity contribution is 5.78. The third kappa shape index (κ3) is 3.67. The molecule has 0 saturated heterocycles. The van der Waals surface area contributed by atoms with Gasteiger partial charge in [-0.15, -0.1) is 0 Å². The van der Waals surface area contributed by atoms with Crippen LogP contribution >= 0.6 is 0 Å². The number of likely N-dealkylation sites (N-methyl/N-ethyl adjacent to an activating group) is 1. The molecule has 0 atom stereocenters. The second kappa shape index (κ2) is 6.35. The number of carbonyl (C=O) groups is 1. The molecule has 0 radical (unpaired) electrons. The van der Waals surface area contributed by atoms with Gasteiger partial charge in [0.2, 0.25) is 5.91 Å². The van der Waals surface area contributed by atoms with Crippen molar-refractivity contribution in [2.45, 2.75) is 32.4 Å². The van der Waals surface area contributed by atoms with Gasteiger partial charge in [-0.1, -0.05) is 19.1 Å². The summed E-state index contributed by atoms with van der Waals surface area (Å²) in [5, 5.41) is 3.03. The molecule has 1 aliphatic carbocycles. The number of fused-ring (bicyclic) bond motifs is 1. The van der Waals surface area contributed by atoms with Crippen LogP contribution in [0.25, 0.3) is 0 Å². The predicted molar refractivity (Wildman–Crippen MR) is 79.5 cm³/mol. The summed E-state index contributed by atoms with van der Waals surface area (Å²) in [6, 6.07) is 6.35. The van der Waals surface area contributed by atoms with E-state index < -0.39 is 0 Å². The largest absolute Gasteiger partial charge is 0.486 e. The first-order valence-corrected chi connectivity index (χ1v) is 7.65. The predicted octanol–water partition coefficient (Wildman–Crippen LogP) is 1.56. The van der Waals surface area contributed by atoms with Gasteiger partial charge in [0, 0.05) is 18.2 Å². The minimum absolute atomic E-state index is 0.112. The van der Waals surface area contributed by atoms with Crippen LogP contribution in [0.3, 0.4) is 0 Å². The van der Waals surface area contributed by atoms with Gasteiger partial charge >= 0.3 is 0 Å². The molecule has 1 aromatic rings. The van der Waals surface area contributed by atoms with Crippen molar-refractivity contribution in [3.63, 3.8) is 0 Å². The second-order valence-corrected chi connectivity index (χ2v) is 5.59. The molecule has 3 rings (SSSR count). The number of ether oxygens (including phenoxy) is 2. The third-order valence-corrected chi connectivity index (χ3v) is 3.80. The lowest BCUT2D eigenvalue weighted by Crippen LogP contribution is -2.37. The number of carbonyl (C=O) groups excluding carboxylic acids is 1. The summed E-state index contributed by atoms with van der Waals surface area (Å²) in [6.07, 6.45) is 2.24. The number of benzene rings is 1. The summed E-state index contributed by atoms with van der Waals surface area (Å²) < 4.78 is 11.3. The molecular weight excluding hydrogens is 268 g/mol. The molecular formula is C16H22N2O3. The molecule has 21 heavy (non-hydrogen) atoms. The summed E-state index contributed by atoms with van der Waals surface area (Å²) in [6.45, 7) is 5.19. The highest BCUT2D eigenvalue weighted by Gasteiger charge is 2.24. The number of nitrogens with one attached hydrogen (secondary N) is 1. The van der Waals surface area contributed by atoms with E-state index in [1.165, 1.54) is 0 Å². The van der Waals surface area contributed by atoms with Gasteiger partial charge in [-0.3, -0.25) is 9.69 Å². The molecule has 0 aromatic heterocycles. The molecule has 5 nitrogen and oxygen atoms in total. The van der Waals surface area contributed by atoms with Crippen LogP contribution < -0.4 is 14.8 Å². The van der Waals surface area contributed by atoms with Crippen LogP contribution in [0, 0.1) is 0 Å². The molecule has 1 N–H and O–H groups in total. The smallest absolute Gasteiger partial charge is 0.234 e. The Morgan fingerprint density at radius 1 is 1.33 bits per heavy atom. The van der Waals surface area contributed by atoms with Gasteiger partial charge in [-0.2, -0.15) is 0 Å². The average molecular weight is 290 g/mol.